The van der Waals surface area contributed by atoms with Gasteiger partial charge in [-0.15, -0.1) is 0 Å². The molecule has 0 saturated heterocycles. The summed E-state index contributed by atoms with van der Waals surface area (Å²) in [5, 5.41) is 8.74. The number of hydrogen-bond donors (Lipinski definition) is 2. The van der Waals surface area contributed by atoms with E-state index in [0.717, 1.165) is 15.7 Å². The molecule has 0 spiro atoms. The molecule has 104 valence electrons. The molecule has 0 bridgehead atoms. The van der Waals surface area contributed by atoms with Gasteiger partial charge >= 0.3 is 11.7 Å². The topological polar surface area (TPSA) is 112 Å². The molecule has 0 radical (unpaired) electrons. The van der Waals surface area contributed by atoms with Crippen LogP contribution in [-0.2, 0) is 11.8 Å². The van der Waals surface area contributed by atoms with E-state index >= 15 is 0 Å². The van der Waals surface area contributed by atoms with Gasteiger partial charge in [-0.1, -0.05) is 6.92 Å². The highest BCUT2D eigenvalue weighted by atomic mass is 16.4. The van der Waals surface area contributed by atoms with Crippen LogP contribution >= 0.6 is 0 Å². The van der Waals surface area contributed by atoms with Crippen LogP contribution in [0.2, 0.25) is 0 Å². The van der Waals surface area contributed by atoms with Crippen molar-refractivity contribution >= 4 is 11.9 Å². The van der Waals surface area contributed by atoms with Crippen LogP contribution in [0.4, 0.5) is 0 Å². The highest BCUT2D eigenvalue weighted by molar-refractivity contribution is 5.95. The molecule has 0 atom stereocenters. The third-order valence-electron chi connectivity index (χ3n) is 2.52. The Labute approximate surface area is 108 Å². The lowest BCUT2D eigenvalue weighted by Gasteiger charge is -2.19. The van der Waals surface area contributed by atoms with E-state index in [1.54, 1.807) is 6.92 Å². The lowest BCUT2D eigenvalue weighted by molar-refractivity contribution is -0.137. The fraction of sp³-hybridized carbons (Fsp3) is 0.455. The van der Waals surface area contributed by atoms with Gasteiger partial charge in [-0.3, -0.25) is 19.0 Å². The summed E-state index contributed by atoms with van der Waals surface area (Å²) in [7, 11) is 1.24. The number of amides is 1. The van der Waals surface area contributed by atoms with Crippen molar-refractivity contribution < 1.29 is 14.7 Å². The zero-order chi connectivity index (χ0) is 14.6. The number of aromatic nitrogens is 2. The number of rotatable bonds is 5. The first-order chi connectivity index (χ1) is 8.88. The Morgan fingerprint density at radius 1 is 1.42 bits per heavy atom. The molecule has 0 saturated carbocycles. The summed E-state index contributed by atoms with van der Waals surface area (Å²) in [6.45, 7) is 1.51. The number of carbonyl (C=O) groups is 2. The Balaban J connectivity index is 3.17. The summed E-state index contributed by atoms with van der Waals surface area (Å²) in [6.07, 6.45) is 1.57. The highest BCUT2D eigenvalue weighted by Gasteiger charge is 2.21. The number of hydrogen-bond acceptors (Lipinski definition) is 4. The molecular formula is C11H15N3O5. The number of carboxylic acid groups (broad SMARTS) is 1. The SMILES string of the molecule is CCCN(CC(=O)O)C(=O)c1c[nH]c(=O)n(C)c1=O. The summed E-state index contributed by atoms with van der Waals surface area (Å²) in [5.74, 6) is -1.87. The van der Waals surface area contributed by atoms with Crippen LogP contribution in [0.3, 0.4) is 0 Å². The third kappa shape index (κ3) is 3.30. The second-order valence-corrected chi connectivity index (χ2v) is 3.99. The molecule has 8 heteroatoms. The van der Waals surface area contributed by atoms with Gasteiger partial charge in [0.15, 0.2) is 0 Å². The van der Waals surface area contributed by atoms with E-state index in [4.69, 9.17) is 5.11 Å². The minimum absolute atomic E-state index is 0.216. The maximum absolute atomic E-state index is 12.1. The number of aliphatic carboxylic acids is 1. The maximum atomic E-state index is 12.1. The van der Waals surface area contributed by atoms with Gasteiger partial charge in [0.05, 0.1) is 0 Å². The zero-order valence-corrected chi connectivity index (χ0v) is 10.7. The van der Waals surface area contributed by atoms with Crippen molar-refractivity contribution in [3.63, 3.8) is 0 Å². The molecule has 2 N–H and O–H groups in total. The van der Waals surface area contributed by atoms with Crippen LogP contribution in [0.15, 0.2) is 15.8 Å². The monoisotopic (exact) mass is 269 g/mol. The second kappa shape index (κ2) is 5.98. The first-order valence-corrected chi connectivity index (χ1v) is 5.68. The molecular weight excluding hydrogens is 254 g/mol. The molecule has 0 aliphatic carbocycles. The second-order valence-electron chi connectivity index (χ2n) is 3.99. The predicted octanol–water partition coefficient (Wildman–Crippen LogP) is -0.990. The molecule has 1 aromatic rings. The average Bonchev–Trinajstić information content (AvgIpc) is 2.34. The summed E-state index contributed by atoms with van der Waals surface area (Å²) in [5.41, 5.74) is -1.64. The van der Waals surface area contributed by atoms with Gasteiger partial charge in [0, 0.05) is 19.8 Å². The Hall–Kier alpha value is -2.38. The van der Waals surface area contributed by atoms with Crippen molar-refractivity contribution in [2.75, 3.05) is 13.1 Å². The van der Waals surface area contributed by atoms with Crippen molar-refractivity contribution in [3.8, 4) is 0 Å². The van der Waals surface area contributed by atoms with Gasteiger partial charge in [-0.05, 0) is 6.42 Å². The molecule has 1 aromatic heterocycles. The van der Waals surface area contributed by atoms with Gasteiger partial charge < -0.3 is 15.0 Å². The number of H-pyrrole nitrogens is 1. The Bertz CT molecular complexity index is 601. The van der Waals surface area contributed by atoms with Crippen LogP contribution in [0.5, 0.6) is 0 Å². The first kappa shape index (κ1) is 14.7. The largest absolute Gasteiger partial charge is 0.480 e. The van der Waals surface area contributed by atoms with Crippen molar-refractivity contribution in [1.82, 2.24) is 14.5 Å². The standard InChI is InChI=1S/C11H15N3O5/c1-3-4-14(6-8(15)16)10(18)7-5-12-11(19)13(2)9(7)17/h5H,3-4,6H2,1-2H3,(H,12,19)(H,15,16). The van der Waals surface area contributed by atoms with Crippen LogP contribution < -0.4 is 11.2 Å². The summed E-state index contributed by atoms with van der Waals surface area (Å²) >= 11 is 0. The van der Waals surface area contributed by atoms with Gasteiger partial charge in [0.25, 0.3) is 11.5 Å². The smallest absolute Gasteiger partial charge is 0.328 e. The summed E-state index contributed by atoms with van der Waals surface area (Å²) in [6, 6.07) is 0. The fourth-order valence-corrected chi connectivity index (χ4v) is 1.57. The first-order valence-electron chi connectivity index (χ1n) is 5.68. The maximum Gasteiger partial charge on any atom is 0.328 e. The molecule has 0 fully saturated rings. The molecule has 19 heavy (non-hydrogen) atoms. The van der Waals surface area contributed by atoms with Gasteiger partial charge in [-0.2, -0.15) is 0 Å². The molecule has 0 unspecified atom stereocenters. The fourth-order valence-electron chi connectivity index (χ4n) is 1.57. The van der Waals surface area contributed by atoms with Crippen molar-refractivity contribution in [2.45, 2.75) is 13.3 Å². The molecule has 1 heterocycles. The summed E-state index contributed by atoms with van der Waals surface area (Å²) < 4.78 is 0.762. The number of nitrogens with zero attached hydrogens (tertiary/aromatic N) is 2. The molecule has 0 aliphatic rings. The number of carbonyl (C=O) groups excluding carboxylic acids is 1. The van der Waals surface area contributed by atoms with Crippen molar-refractivity contribution in [2.24, 2.45) is 7.05 Å². The number of nitrogens with one attached hydrogen (secondary N) is 1. The van der Waals surface area contributed by atoms with E-state index in [1.165, 1.54) is 7.05 Å². The van der Waals surface area contributed by atoms with Crippen LogP contribution in [-0.4, -0.2) is 44.5 Å². The third-order valence-corrected chi connectivity index (χ3v) is 2.52. The Kier molecular flexibility index (Phi) is 4.62. The molecule has 8 nitrogen and oxygen atoms in total. The minimum Gasteiger partial charge on any atom is -0.480 e. The van der Waals surface area contributed by atoms with Gasteiger partial charge in [0.1, 0.15) is 12.1 Å². The normalized spacial score (nSPS) is 10.2. The number of aromatic amines is 1. The van der Waals surface area contributed by atoms with E-state index < -0.39 is 29.7 Å². The molecule has 0 aliphatic heterocycles. The van der Waals surface area contributed by atoms with E-state index in [0.29, 0.717) is 6.42 Å². The predicted molar refractivity (Wildman–Crippen MR) is 66.1 cm³/mol. The van der Waals surface area contributed by atoms with Crippen molar-refractivity contribution in [1.29, 1.82) is 0 Å². The van der Waals surface area contributed by atoms with Crippen LogP contribution in [0.25, 0.3) is 0 Å². The number of carboxylic acids is 1. The highest BCUT2D eigenvalue weighted by Crippen LogP contribution is 1.99. The van der Waals surface area contributed by atoms with E-state index in [9.17, 15) is 19.2 Å². The quantitative estimate of drug-likeness (QED) is 0.712. The molecule has 1 rings (SSSR count). The molecule has 0 aromatic carbocycles. The Morgan fingerprint density at radius 2 is 2.05 bits per heavy atom. The zero-order valence-electron chi connectivity index (χ0n) is 10.7. The summed E-state index contributed by atoms with van der Waals surface area (Å²) in [4.78, 5) is 49.0. The van der Waals surface area contributed by atoms with Gasteiger partial charge in [0.2, 0.25) is 0 Å². The lowest BCUT2D eigenvalue weighted by Crippen LogP contribution is -2.42. The van der Waals surface area contributed by atoms with E-state index in [-0.39, 0.29) is 12.1 Å². The van der Waals surface area contributed by atoms with E-state index in [2.05, 4.69) is 4.98 Å². The van der Waals surface area contributed by atoms with E-state index in [1.807, 2.05) is 0 Å². The molecule has 1 amide bonds. The average molecular weight is 269 g/mol. The van der Waals surface area contributed by atoms with Gasteiger partial charge in [-0.25, -0.2) is 4.79 Å². The van der Waals surface area contributed by atoms with Crippen molar-refractivity contribution in [3.05, 3.63) is 32.6 Å². The lowest BCUT2D eigenvalue weighted by atomic mass is 10.2. The van der Waals surface area contributed by atoms with Crippen LogP contribution in [0.1, 0.15) is 23.7 Å². The minimum atomic E-state index is -1.16. The van der Waals surface area contributed by atoms with Crippen LogP contribution in [0, 0.1) is 0 Å². The Morgan fingerprint density at radius 3 is 2.58 bits per heavy atom.